The van der Waals surface area contributed by atoms with E-state index in [4.69, 9.17) is 0 Å². The summed E-state index contributed by atoms with van der Waals surface area (Å²) in [5.41, 5.74) is 2.58. The fourth-order valence-corrected chi connectivity index (χ4v) is 3.28. The average Bonchev–Trinajstić information content (AvgIpc) is 3.25. The van der Waals surface area contributed by atoms with Gasteiger partial charge in [-0.15, -0.1) is 0 Å². The number of halogens is 3. The fraction of sp³-hybridized carbons (Fsp3) is 0.263. The van der Waals surface area contributed by atoms with Gasteiger partial charge in [-0.2, -0.15) is 23.3 Å². The van der Waals surface area contributed by atoms with Gasteiger partial charge in [0.15, 0.2) is 0 Å². The Hall–Kier alpha value is -3.63. The summed E-state index contributed by atoms with van der Waals surface area (Å²) in [4.78, 5) is 19.4. The SMILES string of the molecule is Cc1[nH]ncc1C(C)Nc1nc(Nc2ccc3c(c2)CC(=O)N3)ncc1C(F)(F)F. The van der Waals surface area contributed by atoms with Crippen molar-refractivity contribution in [1.82, 2.24) is 20.2 Å². The molecule has 1 unspecified atom stereocenters. The third-order valence-corrected chi connectivity index (χ3v) is 4.77. The maximum Gasteiger partial charge on any atom is 0.421 e. The van der Waals surface area contributed by atoms with E-state index in [1.165, 1.54) is 0 Å². The highest BCUT2D eigenvalue weighted by Gasteiger charge is 2.36. The smallest absolute Gasteiger partial charge is 0.363 e. The van der Waals surface area contributed by atoms with Crippen molar-refractivity contribution in [1.29, 1.82) is 0 Å². The molecule has 2 aromatic heterocycles. The summed E-state index contributed by atoms with van der Waals surface area (Å²) in [7, 11) is 0. The minimum absolute atomic E-state index is 0.00107. The van der Waals surface area contributed by atoms with Gasteiger partial charge in [-0.1, -0.05) is 0 Å². The molecule has 0 fully saturated rings. The van der Waals surface area contributed by atoms with Gasteiger partial charge in [-0.3, -0.25) is 9.89 Å². The lowest BCUT2D eigenvalue weighted by molar-refractivity contribution is -0.137. The molecule has 4 N–H and O–H groups in total. The quantitative estimate of drug-likeness (QED) is 0.501. The van der Waals surface area contributed by atoms with Gasteiger partial charge in [-0.05, 0) is 37.6 Å². The van der Waals surface area contributed by atoms with E-state index in [2.05, 4.69) is 36.1 Å². The molecule has 156 valence electrons. The number of nitrogens with one attached hydrogen (secondary N) is 4. The van der Waals surface area contributed by atoms with Crippen molar-refractivity contribution < 1.29 is 18.0 Å². The van der Waals surface area contributed by atoms with E-state index in [-0.39, 0.29) is 24.1 Å². The van der Waals surface area contributed by atoms with Gasteiger partial charge in [0.2, 0.25) is 11.9 Å². The van der Waals surface area contributed by atoms with Crippen LogP contribution in [0.15, 0.2) is 30.6 Å². The van der Waals surface area contributed by atoms with Gasteiger partial charge in [0.1, 0.15) is 11.4 Å². The second kappa shape index (κ2) is 7.32. The maximum atomic E-state index is 13.5. The summed E-state index contributed by atoms with van der Waals surface area (Å²) in [6.45, 7) is 3.50. The Morgan fingerprint density at radius 3 is 2.73 bits per heavy atom. The van der Waals surface area contributed by atoms with E-state index in [9.17, 15) is 18.0 Å². The van der Waals surface area contributed by atoms with Crippen LogP contribution in [0, 0.1) is 6.92 Å². The molecule has 0 bridgehead atoms. The van der Waals surface area contributed by atoms with Gasteiger partial charge in [0.05, 0.1) is 18.7 Å². The van der Waals surface area contributed by atoms with Crippen LogP contribution in [-0.4, -0.2) is 26.1 Å². The molecule has 1 atom stereocenters. The molecular weight excluding hydrogens is 399 g/mol. The number of rotatable bonds is 5. The number of amides is 1. The van der Waals surface area contributed by atoms with Crippen LogP contribution in [0.3, 0.4) is 0 Å². The normalized spacial score (nSPS) is 14.2. The molecule has 8 nitrogen and oxygen atoms in total. The molecule has 3 heterocycles. The number of aromatic nitrogens is 4. The van der Waals surface area contributed by atoms with E-state index in [0.29, 0.717) is 11.4 Å². The number of aryl methyl sites for hydroxylation is 1. The Labute approximate surface area is 169 Å². The lowest BCUT2D eigenvalue weighted by atomic mass is 10.1. The lowest BCUT2D eigenvalue weighted by Crippen LogP contribution is -2.16. The van der Waals surface area contributed by atoms with Crippen molar-refractivity contribution >= 4 is 29.0 Å². The summed E-state index contributed by atoms with van der Waals surface area (Å²) >= 11 is 0. The van der Waals surface area contributed by atoms with Crippen LogP contribution in [-0.2, 0) is 17.4 Å². The number of alkyl halides is 3. The van der Waals surface area contributed by atoms with Gasteiger partial charge in [0.25, 0.3) is 0 Å². The molecule has 1 aliphatic rings. The van der Waals surface area contributed by atoms with Crippen molar-refractivity contribution in [2.75, 3.05) is 16.0 Å². The van der Waals surface area contributed by atoms with Crippen LogP contribution in [0.2, 0.25) is 0 Å². The third kappa shape index (κ3) is 3.91. The highest BCUT2D eigenvalue weighted by atomic mass is 19.4. The molecule has 30 heavy (non-hydrogen) atoms. The first-order valence-electron chi connectivity index (χ1n) is 9.11. The molecule has 0 radical (unpaired) electrons. The highest BCUT2D eigenvalue weighted by molar-refractivity contribution is 5.99. The van der Waals surface area contributed by atoms with Crippen LogP contribution >= 0.6 is 0 Å². The first-order chi connectivity index (χ1) is 14.2. The second-order valence-corrected chi connectivity index (χ2v) is 6.99. The monoisotopic (exact) mass is 417 g/mol. The van der Waals surface area contributed by atoms with Crippen LogP contribution < -0.4 is 16.0 Å². The summed E-state index contributed by atoms with van der Waals surface area (Å²) < 4.78 is 40.4. The highest BCUT2D eigenvalue weighted by Crippen LogP contribution is 2.36. The zero-order valence-corrected chi connectivity index (χ0v) is 16.1. The molecule has 1 amide bonds. The molecule has 11 heteroatoms. The summed E-state index contributed by atoms with van der Waals surface area (Å²) in [6.07, 6.45) is -2.08. The number of carbonyl (C=O) groups is 1. The van der Waals surface area contributed by atoms with E-state index in [1.54, 1.807) is 38.2 Å². The predicted octanol–water partition coefficient (Wildman–Crippen LogP) is 3.94. The largest absolute Gasteiger partial charge is 0.421 e. The van der Waals surface area contributed by atoms with Gasteiger partial charge in [0, 0.05) is 28.8 Å². The Morgan fingerprint density at radius 1 is 1.23 bits per heavy atom. The number of hydrogen-bond acceptors (Lipinski definition) is 6. The zero-order valence-electron chi connectivity index (χ0n) is 16.1. The van der Waals surface area contributed by atoms with E-state index in [0.717, 1.165) is 23.0 Å². The predicted molar refractivity (Wildman–Crippen MR) is 104 cm³/mol. The Morgan fingerprint density at radius 2 is 2.03 bits per heavy atom. The number of fused-ring (bicyclic) bond motifs is 1. The second-order valence-electron chi connectivity index (χ2n) is 6.99. The molecule has 1 aliphatic heterocycles. The Bertz CT molecular complexity index is 1110. The number of nitrogens with zero attached hydrogens (tertiary/aromatic N) is 3. The van der Waals surface area contributed by atoms with Crippen LogP contribution in [0.5, 0.6) is 0 Å². The van der Waals surface area contributed by atoms with Gasteiger partial charge < -0.3 is 16.0 Å². The molecule has 0 saturated carbocycles. The van der Waals surface area contributed by atoms with Crippen LogP contribution in [0.25, 0.3) is 0 Å². The number of benzene rings is 1. The Balaban J connectivity index is 1.62. The average molecular weight is 417 g/mol. The summed E-state index contributed by atoms with van der Waals surface area (Å²) in [5.74, 6) is -0.451. The molecule has 1 aromatic carbocycles. The zero-order chi connectivity index (χ0) is 21.5. The third-order valence-electron chi connectivity index (χ3n) is 4.77. The molecule has 0 saturated heterocycles. The molecule has 3 aromatic rings. The van der Waals surface area contributed by atoms with Gasteiger partial charge >= 0.3 is 6.18 Å². The van der Waals surface area contributed by atoms with Crippen molar-refractivity contribution in [2.45, 2.75) is 32.5 Å². The van der Waals surface area contributed by atoms with Crippen molar-refractivity contribution in [3.05, 3.63) is 53.0 Å². The van der Waals surface area contributed by atoms with Crippen molar-refractivity contribution in [3.63, 3.8) is 0 Å². The number of hydrogen-bond donors (Lipinski definition) is 4. The first-order valence-corrected chi connectivity index (χ1v) is 9.11. The number of H-pyrrole nitrogens is 1. The standard InChI is InChI=1S/C19H18F3N7O/c1-9(13-7-24-29-10(13)2)25-17-14(19(20,21)22)8-23-18(28-17)26-12-3-4-15-11(5-12)6-16(30)27-15/h3-5,7-9H,6H2,1-2H3,(H,24,29)(H,27,30)(H2,23,25,26,28). The number of carbonyl (C=O) groups excluding carboxylic acids is 1. The fourth-order valence-electron chi connectivity index (χ4n) is 3.28. The van der Waals surface area contributed by atoms with Crippen molar-refractivity contribution in [3.8, 4) is 0 Å². The van der Waals surface area contributed by atoms with E-state index in [1.807, 2.05) is 0 Å². The number of aromatic amines is 1. The molecule has 4 rings (SSSR count). The summed E-state index contributed by atoms with van der Waals surface area (Å²) in [5, 5.41) is 15.1. The first kappa shape index (κ1) is 19.7. The van der Waals surface area contributed by atoms with E-state index < -0.39 is 17.8 Å². The lowest BCUT2D eigenvalue weighted by Gasteiger charge is -2.19. The van der Waals surface area contributed by atoms with Crippen LogP contribution in [0.1, 0.15) is 35.3 Å². The van der Waals surface area contributed by atoms with Crippen LogP contribution in [0.4, 0.5) is 36.3 Å². The maximum absolute atomic E-state index is 13.5. The number of anilines is 4. The summed E-state index contributed by atoms with van der Waals surface area (Å²) in [6, 6.07) is 4.68. The topological polar surface area (TPSA) is 108 Å². The Kier molecular flexibility index (Phi) is 4.80. The molecule has 0 aliphatic carbocycles. The minimum atomic E-state index is -4.62. The molecular formula is C19H18F3N7O. The molecule has 0 spiro atoms. The van der Waals surface area contributed by atoms with Gasteiger partial charge in [-0.25, -0.2) is 4.98 Å². The minimum Gasteiger partial charge on any atom is -0.363 e. The van der Waals surface area contributed by atoms with Crippen molar-refractivity contribution in [2.24, 2.45) is 0 Å². The van der Waals surface area contributed by atoms with E-state index >= 15 is 0 Å².